The first kappa shape index (κ1) is 19.7. The number of carbonyl (C=O) groups is 1. The first-order valence-corrected chi connectivity index (χ1v) is 10.1. The van der Waals surface area contributed by atoms with E-state index in [1.165, 1.54) is 5.39 Å². The largest absolute Gasteiger partial charge is 0.492 e. The fraction of sp³-hybridized carbons (Fsp3) is 0.200. The van der Waals surface area contributed by atoms with Crippen molar-refractivity contribution < 1.29 is 9.53 Å². The summed E-state index contributed by atoms with van der Waals surface area (Å²) < 4.78 is 7.68. The molecule has 1 N–H and O–H groups in total. The van der Waals surface area contributed by atoms with Gasteiger partial charge in [-0.2, -0.15) is 5.10 Å². The average molecular weight is 399 g/mol. The van der Waals surface area contributed by atoms with E-state index in [0.29, 0.717) is 19.6 Å². The maximum absolute atomic E-state index is 12.4. The minimum absolute atomic E-state index is 0.0316. The number of para-hydroxylation sites is 1. The molecule has 5 heteroatoms. The number of hydrogen-bond donors (Lipinski definition) is 1. The van der Waals surface area contributed by atoms with E-state index in [0.717, 1.165) is 33.8 Å². The third-order valence-electron chi connectivity index (χ3n) is 5.19. The second-order valence-corrected chi connectivity index (χ2v) is 7.28. The zero-order chi connectivity index (χ0) is 20.9. The van der Waals surface area contributed by atoms with Crippen LogP contribution >= 0.6 is 0 Å². The molecule has 0 aliphatic carbocycles. The molecular formula is C25H25N3O2. The molecule has 0 spiro atoms. The van der Waals surface area contributed by atoms with Crippen LogP contribution in [0.3, 0.4) is 0 Å². The van der Waals surface area contributed by atoms with Crippen molar-refractivity contribution >= 4 is 16.7 Å². The third-order valence-corrected chi connectivity index (χ3v) is 5.19. The van der Waals surface area contributed by atoms with Gasteiger partial charge in [0.2, 0.25) is 5.91 Å². The molecule has 0 unspecified atom stereocenters. The molecule has 0 atom stereocenters. The van der Waals surface area contributed by atoms with E-state index in [1.807, 2.05) is 79.2 Å². The van der Waals surface area contributed by atoms with Crippen molar-refractivity contribution in [1.29, 1.82) is 0 Å². The molecule has 4 rings (SSSR count). The van der Waals surface area contributed by atoms with Crippen molar-refractivity contribution in [2.24, 2.45) is 0 Å². The second kappa shape index (κ2) is 8.82. The topological polar surface area (TPSA) is 56.2 Å². The lowest BCUT2D eigenvalue weighted by Gasteiger charge is -2.09. The molecular weight excluding hydrogens is 374 g/mol. The summed E-state index contributed by atoms with van der Waals surface area (Å²) in [5, 5.41) is 9.87. The molecule has 4 aromatic rings. The van der Waals surface area contributed by atoms with Crippen molar-refractivity contribution in [2.45, 2.75) is 20.3 Å². The molecule has 0 aliphatic heterocycles. The number of aromatic nitrogens is 2. The molecule has 152 valence electrons. The molecule has 1 heterocycles. The Morgan fingerprint density at radius 1 is 0.967 bits per heavy atom. The summed E-state index contributed by atoms with van der Waals surface area (Å²) in [5.41, 5.74) is 3.82. The zero-order valence-electron chi connectivity index (χ0n) is 17.3. The predicted octanol–water partition coefficient (Wildman–Crippen LogP) is 4.38. The highest BCUT2D eigenvalue weighted by Gasteiger charge is 2.15. The van der Waals surface area contributed by atoms with Crippen LogP contribution in [-0.2, 0) is 11.2 Å². The molecule has 0 aliphatic rings. The highest BCUT2D eigenvalue weighted by Crippen LogP contribution is 2.20. The molecule has 0 saturated carbocycles. The second-order valence-electron chi connectivity index (χ2n) is 7.28. The molecule has 3 aromatic carbocycles. The smallest absolute Gasteiger partial charge is 0.224 e. The Labute approximate surface area is 176 Å². The van der Waals surface area contributed by atoms with Crippen LogP contribution in [0.2, 0.25) is 0 Å². The van der Waals surface area contributed by atoms with Gasteiger partial charge in [0.05, 0.1) is 24.3 Å². The van der Waals surface area contributed by atoms with Gasteiger partial charge in [-0.1, -0.05) is 48.5 Å². The van der Waals surface area contributed by atoms with Crippen LogP contribution in [0.5, 0.6) is 5.75 Å². The van der Waals surface area contributed by atoms with E-state index in [9.17, 15) is 4.79 Å². The number of fused-ring (bicyclic) bond motifs is 1. The minimum Gasteiger partial charge on any atom is -0.492 e. The Kier molecular flexibility index (Phi) is 5.80. The van der Waals surface area contributed by atoms with Crippen molar-refractivity contribution in [3.63, 3.8) is 0 Å². The SMILES string of the molecule is Cc1nn(-c2ccccc2)c(C)c1CC(=O)NCCOc1ccc2ccccc2c1. The van der Waals surface area contributed by atoms with E-state index < -0.39 is 0 Å². The summed E-state index contributed by atoms with van der Waals surface area (Å²) in [7, 11) is 0. The Bertz CT molecular complexity index is 1170. The third kappa shape index (κ3) is 4.35. The number of ether oxygens (including phenoxy) is 1. The van der Waals surface area contributed by atoms with Gasteiger partial charge in [-0.25, -0.2) is 4.68 Å². The number of rotatable bonds is 7. The molecule has 0 bridgehead atoms. The number of hydrogen-bond acceptors (Lipinski definition) is 3. The van der Waals surface area contributed by atoms with E-state index in [2.05, 4.69) is 22.5 Å². The number of nitrogens with zero attached hydrogens (tertiary/aromatic N) is 2. The van der Waals surface area contributed by atoms with Gasteiger partial charge in [0.25, 0.3) is 0 Å². The van der Waals surface area contributed by atoms with Crippen molar-refractivity contribution in [2.75, 3.05) is 13.2 Å². The molecule has 0 radical (unpaired) electrons. The normalized spacial score (nSPS) is 10.9. The standard InChI is InChI=1S/C25H25N3O2/c1-18-24(19(2)28(27-18)22-10-4-3-5-11-22)17-25(29)26-14-15-30-23-13-12-20-8-6-7-9-21(20)16-23/h3-13,16H,14-15,17H2,1-2H3,(H,26,29). The van der Waals surface area contributed by atoms with Crippen LogP contribution < -0.4 is 10.1 Å². The lowest BCUT2D eigenvalue weighted by Crippen LogP contribution is -2.29. The number of benzene rings is 3. The molecule has 0 fully saturated rings. The summed E-state index contributed by atoms with van der Waals surface area (Å²) >= 11 is 0. The van der Waals surface area contributed by atoms with Crippen LogP contribution in [0, 0.1) is 13.8 Å². The van der Waals surface area contributed by atoms with Crippen molar-refractivity contribution in [3.05, 3.63) is 89.7 Å². The maximum Gasteiger partial charge on any atom is 0.224 e. The minimum atomic E-state index is -0.0316. The van der Waals surface area contributed by atoms with Crippen molar-refractivity contribution in [3.8, 4) is 11.4 Å². The van der Waals surface area contributed by atoms with Crippen molar-refractivity contribution in [1.82, 2.24) is 15.1 Å². The highest BCUT2D eigenvalue weighted by atomic mass is 16.5. The van der Waals surface area contributed by atoms with Crippen LogP contribution in [0.25, 0.3) is 16.5 Å². The Morgan fingerprint density at radius 3 is 2.50 bits per heavy atom. The molecule has 0 saturated heterocycles. The number of nitrogens with one attached hydrogen (secondary N) is 1. The van der Waals surface area contributed by atoms with Gasteiger partial charge in [0, 0.05) is 11.3 Å². The van der Waals surface area contributed by atoms with E-state index in [1.54, 1.807) is 0 Å². The van der Waals surface area contributed by atoms with Gasteiger partial charge < -0.3 is 10.1 Å². The summed E-state index contributed by atoms with van der Waals surface area (Å²) in [6, 6.07) is 24.1. The molecule has 30 heavy (non-hydrogen) atoms. The first-order chi connectivity index (χ1) is 14.6. The lowest BCUT2D eigenvalue weighted by molar-refractivity contribution is -0.120. The Morgan fingerprint density at radius 2 is 1.70 bits per heavy atom. The quantitative estimate of drug-likeness (QED) is 0.469. The first-order valence-electron chi connectivity index (χ1n) is 10.1. The summed E-state index contributed by atoms with van der Waals surface area (Å²) in [5.74, 6) is 0.773. The van der Waals surface area contributed by atoms with Crippen LogP contribution in [0.1, 0.15) is 17.0 Å². The number of amides is 1. The van der Waals surface area contributed by atoms with Crippen LogP contribution in [-0.4, -0.2) is 28.8 Å². The van der Waals surface area contributed by atoms with Gasteiger partial charge in [-0.15, -0.1) is 0 Å². The van der Waals surface area contributed by atoms with E-state index >= 15 is 0 Å². The summed E-state index contributed by atoms with van der Waals surface area (Å²) in [6.07, 6.45) is 0.306. The number of carbonyl (C=O) groups excluding carboxylic acids is 1. The van der Waals surface area contributed by atoms with Gasteiger partial charge >= 0.3 is 0 Å². The van der Waals surface area contributed by atoms with Crippen LogP contribution in [0.4, 0.5) is 0 Å². The van der Waals surface area contributed by atoms with Gasteiger partial charge in [-0.05, 0) is 48.9 Å². The fourth-order valence-corrected chi connectivity index (χ4v) is 3.59. The number of aryl methyl sites for hydroxylation is 1. The highest BCUT2D eigenvalue weighted by molar-refractivity contribution is 5.83. The summed E-state index contributed by atoms with van der Waals surface area (Å²) in [6.45, 7) is 4.82. The molecule has 5 nitrogen and oxygen atoms in total. The Balaban J connectivity index is 1.31. The van der Waals surface area contributed by atoms with Gasteiger partial charge in [0.1, 0.15) is 12.4 Å². The van der Waals surface area contributed by atoms with E-state index in [-0.39, 0.29) is 5.91 Å². The lowest BCUT2D eigenvalue weighted by atomic mass is 10.1. The zero-order valence-corrected chi connectivity index (χ0v) is 17.3. The molecule has 1 amide bonds. The van der Waals surface area contributed by atoms with E-state index in [4.69, 9.17) is 4.74 Å². The van der Waals surface area contributed by atoms with Crippen LogP contribution in [0.15, 0.2) is 72.8 Å². The maximum atomic E-state index is 12.4. The monoisotopic (exact) mass is 399 g/mol. The average Bonchev–Trinajstić information content (AvgIpc) is 3.05. The fourth-order valence-electron chi connectivity index (χ4n) is 3.59. The molecule has 1 aromatic heterocycles. The van der Waals surface area contributed by atoms with Gasteiger partial charge in [-0.3, -0.25) is 4.79 Å². The summed E-state index contributed by atoms with van der Waals surface area (Å²) in [4.78, 5) is 12.4. The van der Waals surface area contributed by atoms with Gasteiger partial charge in [0.15, 0.2) is 0 Å². The predicted molar refractivity (Wildman–Crippen MR) is 119 cm³/mol. The Hall–Kier alpha value is -3.60.